The zero-order valence-electron chi connectivity index (χ0n) is 29.3. The first-order valence-corrected chi connectivity index (χ1v) is 17.3. The lowest BCUT2D eigenvalue weighted by Crippen LogP contribution is -2.14. The van der Waals surface area contributed by atoms with Crippen molar-refractivity contribution in [2.75, 3.05) is 4.90 Å². The summed E-state index contributed by atoms with van der Waals surface area (Å²) >= 11 is 0. The maximum absolute atomic E-state index is 2.41. The summed E-state index contributed by atoms with van der Waals surface area (Å²) < 4.78 is 4.74. The van der Waals surface area contributed by atoms with E-state index in [9.17, 15) is 0 Å². The van der Waals surface area contributed by atoms with Crippen molar-refractivity contribution in [2.24, 2.45) is 0 Å². The van der Waals surface area contributed by atoms with Gasteiger partial charge in [0.2, 0.25) is 0 Å². The summed E-state index contributed by atoms with van der Waals surface area (Å²) in [6.45, 7) is 13.6. The number of anilines is 3. The van der Waals surface area contributed by atoms with E-state index in [2.05, 4.69) is 207 Å². The normalized spacial score (nSPS) is 12.3. The van der Waals surface area contributed by atoms with Gasteiger partial charge in [-0.2, -0.15) is 0 Å². The van der Waals surface area contributed by atoms with Gasteiger partial charge >= 0.3 is 0 Å². The summed E-state index contributed by atoms with van der Waals surface area (Å²) in [5.41, 5.74) is 12.1. The summed E-state index contributed by atoms with van der Waals surface area (Å²) in [7, 11) is 0. The molecular weight excluding hydrogens is 595 g/mol. The fourth-order valence-electron chi connectivity index (χ4n) is 7.20. The minimum absolute atomic E-state index is 0.0880. The lowest BCUT2D eigenvalue weighted by molar-refractivity contribution is 0.590. The van der Waals surface area contributed by atoms with Gasteiger partial charge in [0.1, 0.15) is 0 Å². The highest BCUT2D eigenvalue weighted by Crippen LogP contribution is 2.40. The highest BCUT2D eigenvalue weighted by Gasteiger charge is 2.20. The first-order chi connectivity index (χ1) is 23.6. The molecule has 0 saturated carbocycles. The molecule has 0 aliphatic heterocycles. The SMILES string of the molecule is CC(C)(C)c1ccc(N(c2ccc(C(C)(C)C)cc2)c2cccc(-n3ccc4c3ccc3c5ccccc5n(-c5ccccc5)c34)c2)cc1. The van der Waals surface area contributed by atoms with Crippen LogP contribution >= 0.6 is 0 Å². The molecule has 0 saturated heterocycles. The largest absolute Gasteiger partial charge is 0.316 e. The van der Waals surface area contributed by atoms with Crippen LogP contribution < -0.4 is 4.90 Å². The lowest BCUT2D eigenvalue weighted by atomic mass is 9.86. The summed E-state index contributed by atoms with van der Waals surface area (Å²) in [4.78, 5) is 2.37. The Balaban J connectivity index is 1.29. The van der Waals surface area contributed by atoms with Gasteiger partial charge in [-0.05, 0) is 94.8 Å². The van der Waals surface area contributed by atoms with Crippen LogP contribution in [-0.4, -0.2) is 9.13 Å². The number of nitrogens with zero attached hydrogens (tertiary/aromatic N) is 3. The van der Waals surface area contributed by atoms with Crippen LogP contribution in [0.5, 0.6) is 0 Å². The summed E-state index contributed by atoms with van der Waals surface area (Å²) in [6, 6.07) is 53.3. The molecule has 8 rings (SSSR count). The third kappa shape index (κ3) is 5.40. The molecule has 3 nitrogen and oxygen atoms in total. The molecule has 0 N–H and O–H groups in total. The Morgan fingerprint density at radius 3 is 1.65 bits per heavy atom. The monoisotopic (exact) mass is 637 g/mol. The third-order valence-corrected chi connectivity index (χ3v) is 9.87. The zero-order valence-corrected chi connectivity index (χ0v) is 29.3. The molecule has 0 spiro atoms. The molecule has 0 unspecified atom stereocenters. The van der Waals surface area contributed by atoms with E-state index >= 15 is 0 Å². The van der Waals surface area contributed by atoms with Crippen LogP contribution in [0.2, 0.25) is 0 Å². The lowest BCUT2D eigenvalue weighted by Gasteiger charge is -2.28. The van der Waals surface area contributed by atoms with Crippen LogP contribution in [0.4, 0.5) is 17.1 Å². The third-order valence-electron chi connectivity index (χ3n) is 9.87. The van der Waals surface area contributed by atoms with Crippen molar-refractivity contribution >= 4 is 49.8 Å². The Bertz CT molecular complexity index is 2370. The zero-order chi connectivity index (χ0) is 33.9. The Hall–Kier alpha value is -5.54. The highest BCUT2D eigenvalue weighted by atomic mass is 15.1. The van der Waals surface area contributed by atoms with Crippen LogP contribution in [0.25, 0.3) is 44.1 Å². The Morgan fingerprint density at radius 2 is 1.02 bits per heavy atom. The van der Waals surface area contributed by atoms with Gasteiger partial charge in [-0.15, -0.1) is 0 Å². The average molecular weight is 638 g/mol. The van der Waals surface area contributed by atoms with E-state index in [0.29, 0.717) is 0 Å². The van der Waals surface area contributed by atoms with E-state index in [-0.39, 0.29) is 10.8 Å². The van der Waals surface area contributed by atoms with E-state index in [1.165, 1.54) is 49.5 Å². The predicted octanol–water partition coefficient (Wildman–Crippen LogP) is 12.8. The average Bonchev–Trinajstić information content (AvgIpc) is 3.68. The quantitative estimate of drug-likeness (QED) is 0.183. The van der Waals surface area contributed by atoms with Crippen LogP contribution in [-0.2, 0) is 10.8 Å². The van der Waals surface area contributed by atoms with Gasteiger partial charge in [0.05, 0.1) is 16.6 Å². The van der Waals surface area contributed by atoms with Gasteiger partial charge in [0.15, 0.2) is 0 Å². The van der Waals surface area contributed by atoms with Gasteiger partial charge in [0, 0.05) is 50.8 Å². The fourth-order valence-corrected chi connectivity index (χ4v) is 7.20. The van der Waals surface area contributed by atoms with Crippen molar-refractivity contribution in [3.05, 3.63) is 163 Å². The summed E-state index contributed by atoms with van der Waals surface area (Å²) in [5.74, 6) is 0. The molecule has 0 bridgehead atoms. The molecule has 0 atom stereocenters. The molecule has 0 aliphatic carbocycles. The summed E-state index contributed by atoms with van der Waals surface area (Å²) in [6.07, 6.45) is 2.22. The van der Waals surface area contributed by atoms with Crippen molar-refractivity contribution in [3.8, 4) is 11.4 Å². The molecule has 8 aromatic rings. The molecule has 242 valence electrons. The second kappa shape index (κ2) is 11.6. The molecule has 49 heavy (non-hydrogen) atoms. The standard InChI is InChI=1S/C46H43N3/c1-45(2,3)32-19-23-35(24-20-32)48(36-25-21-33(22-26-36)46(4,5)6)38-16-12-15-37(31-38)47-30-29-41-42(47)28-27-40-39-17-10-11-18-43(39)49(44(40)41)34-13-8-7-9-14-34/h7-31H,1-6H3. The molecule has 2 heterocycles. The van der Waals surface area contributed by atoms with Crippen LogP contribution in [0.15, 0.2) is 152 Å². The number of aromatic nitrogens is 2. The fraction of sp³-hybridized carbons (Fsp3) is 0.174. The highest BCUT2D eigenvalue weighted by molar-refractivity contribution is 6.18. The molecule has 0 fully saturated rings. The number of rotatable bonds is 5. The minimum atomic E-state index is 0.0880. The smallest absolute Gasteiger partial charge is 0.0635 e. The summed E-state index contributed by atoms with van der Waals surface area (Å²) in [5, 5.41) is 3.76. The van der Waals surface area contributed by atoms with Crippen molar-refractivity contribution < 1.29 is 0 Å². The number of fused-ring (bicyclic) bond motifs is 5. The first-order valence-electron chi connectivity index (χ1n) is 17.3. The molecule has 3 heteroatoms. The van der Waals surface area contributed by atoms with Gasteiger partial charge in [0.25, 0.3) is 0 Å². The number of benzene rings is 6. The van der Waals surface area contributed by atoms with E-state index in [1.807, 2.05) is 0 Å². The van der Waals surface area contributed by atoms with E-state index in [4.69, 9.17) is 0 Å². The van der Waals surface area contributed by atoms with E-state index < -0.39 is 0 Å². The second-order valence-corrected chi connectivity index (χ2v) is 15.2. The van der Waals surface area contributed by atoms with Crippen molar-refractivity contribution in [2.45, 2.75) is 52.4 Å². The topological polar surface area (TPSA) is 13.1 Å². The molecule has 2 aromatic heterocycles. The van der Waals surface area contributed by atoms with Gasteiger partial charge < -0.3 is 14.0 Å². The second-order valence-electron chi connectivity index (χ2n) is 15.2. The maximum atomic E-state index is 2.41. The van der Waals surface area contributed by atoms with Crippen molar-refractivity contribution in [3.63, 3.8) is 0 Å². The molecule has 0 aliphatic rings. The van der Waals surface area contributed by atoms with Crippen LogP contribution in [0.3, 0.4) is 0 Å². The van der Waals surface area contributed by atoms with Crippen LogP contribution in [0, 0.1) is 0 Å². The Morgan fingerprint density at radius 1 is 0.429 bits per heavy atom. The van der Waals surface area contributed by atoms with Gasteiger partial charge in [-0.25, -0.2) is 0 Å². The Kier molecular flexibility index (Phi) is 7.26. The first kappa shape index (κ1) is 30.8. The molecule has 0 radical (unpaired) electrons. The predicted molar refractivity (Wildman–Crippen MR) is 210 cm³/mol. The number of hydrogen-bond donors (Lipinski definition) is 0. The number of para-hydroxylation sites is 2. The maximum Gasteiger partial charge on any atom is 0.0635 e. The molecule has 0 amide bonds. The van der Waals surface area contributed by atoms with E-state index in [0.717, 1.165) is 22.7 Å². The van der Waals surface area contributed by atoms with Crippen molar-refractivity contribution in [1.29, 1.82) is 0 Å². The molecular formula is C46H43N3. The molecule has 6 aromatic carbocycles. The van der Waals surface area contributed by atoms with Crippen LogP contribution in [0.1, 0.15) is 52.7 Å². The number of hydrogen-bond acceptors (Lipinski definition) is 1. The van der Waals surface area contributed by atoms with E-state index in [1.54, 1.807) is 0 Å². The Labute approximate surface area is 289 Å². The van der Waals surface area contributed by atoms with Gasteiger partial charge in [-0.3, -0.25) is 0 Å². The minimum Gasteiger partial charge on any atom is -0.316 e. The van der Waals surface area contributed by atoms with Crippen molar-refractivity contribution in [1.82, 2.24) is 9.13 Å². The van der Waals surface area contributed by atoms with Gasteiger partial charge in [-0.1, -0.05) is 114 Å².